The second-order valence-electron chi connectivity index (χ2n) is 7.64. The molecule has 0 aliphatic heterocycles. The van der Waals surface area contributed by atoms with E-state index in [-0.39, 0.29) is 23.0 Å². The van der Waals surface area contributed by atoms with E-state index in [1.807, 2.05) is 0 Å². The van der Waals surface area contributed by atoms with Crippen LogP contribution in [0.3, 0.4) is 0 Å². The van der Waals surface area contributed by atoms with E-state index in [4.69, 9.17) is 11.6 Å². The molecular formula is C27H23ClO4. The molecule has 0 atom stereocenters. The van der Waals surface area contributed by atoms with Crippen LogP contribution < -0.4 is 0 Å². The maximum absolute atomic E-state index is 10.7. The number of phenols is 4. The molecule has 0 radical (unpaired) electrons. The summed E-state index contributed by atoms with van der Waals surface area (Å²) in [6.07, 6.45) is 0. The zero-order valence-corrected chi connectivity index (χ0v) is 17.9. The molecule has 4 nitrogen and oxygen atoms in total. The molecule has 4 N–H and O–H groups in total. The van der Waals surface area contributed by atoms with E-state index in [1.165, 1.54) is 0 Å². The van der Waals surface area contributed by atoms with Crippen molar-refractivity contribution in [2.45, 2.75) is 17.2 Å². The topological polar surface area (TPSA) is 80.9 Å². The van der Waals surface area contributed by atoms with Gasteiger partial charge in [-0.2, -0.15) is 0 Å². The SMILES string of the molecule is Oc1ccccc1C(c1ccccc1O)C(Cl)C(c1ccccc1O)c1ccccc1O. The number of para-hydroxylation sites is 4. The first-order valence-electron chi connectivity index (χ1n) is 10.2. The lowest BCUT2D eigenvalue weighted by Gasteiger charge is -2.32. The lowest BCUT2D eigenvalue weighted by molar-refractivity contribution is 0.438. The van der Waals surface area contributed by atoms with Crippen LogP contribution in [0.5, 0.6) is 23.0 Å². The van der Waals surface area contributed by atoms with Crippen LogP contribution in [-0.2, 0) is 0 Å². The van der Waals surface area contributed by atoms with Crippen molar-refractivity contribution in [3.05, 3.63) is 119 Å². The molecule has 0 aromatic heterocycles. The molecule has 4 rings (SSSR count). The molecule has 0 saturated heterocycles. The van der Waals surface area contributed by atoms with Gasteiger partial charge in [0.2, 0.25) is 0 Å². The molecule has 0 unspecified atom stereocenters. The van der Waals surface area contributed by atoms with Crippen molar-refractivity contribution in [1.29, 1.82) is 0 Å². The summed E-state index contributed by atoms with van der Waals surface area (Å²) < 4.78 is 0. The lowest BCUT2D eigenvalue weighted by atomic mass is 9.76. The molecule has 162 valence electrons. The normalized spacial score (nSPS) is 11.4. The highest BCUT2D eigenvalue weighted by molar-refractivity contribution is 6.22. The van der Waals surface area contributed by atoms with Crippen molar-refractivity contribution in [3.8, 4) is 23.0 Å². The smallest absolute Gasteiger partial charge is 0.119 e. The molecule has 0 bridgehead atoms. The first kappa shape index (κ1) is 21.6. The Labute approximate surface area is 191 Å². The molecule has 4 aromatic rings. The molecule has 0 spiro atoms. The summed E-state index contributed by atoms with van der Waals surface area (Å²) in [5.41, 5.74) is 2.13. The van der Waals surface area contributed by atoms with Crippen molar-refractivity contribution in [1.82, 2.24) is 0 Å². The Morgan fingerprint density at radius 1 is 0.406 bits per heavy atom. The Balaban J connectivity index is 1.96. The summed E-state index contributed by atoms with van der Waals surface area (Å²) in [7, 11) is 0. The second kappa shape index (κ2) is 9.25. The molecule has 0 heterocycles. The van der Waals surface area contributed by atoms with Crippen LogP contribution in [0.2, 0.25) is 0 Å². The Kier molecular flexibility index (Phi) is 6.24. The number of rotatable bonds is 6. The van der Waals surface area contributed by atoms with Crippen LogP contribution in [0.25, 0.3) is 0 Å². The first-order valence-corrected chi connectivity index (χ1v) is 10.7. The van der Waals surface area contributed by atoms with Gasteiger partial charge in [0, 0.05) is 34.1 Å². The number of hydrogen-bond donors (Lipinski definition) is 4. The van der Waals surface area contributed by atoms with Crippen LogP contribution in [0.15, 0.2) is 97.1 Å². The van der Waals surface area contributed by atoms with Gasteiger partial charge >= 0.3 is 0 Å². The fraction of sp³-hybridized carbons (Fsp3) is 0.111. The molecule has 0 saturated carbocycles. The van der Waals surface area contributed by atoms with Crippen LogP contribution in [-0.4, -0.2) is 25.8 Å². The average molecular weight is 447 g/mol. The minimum absolute atomic E-state index is 0.0414. The summed E-state index contributed by atoms with van der Waals surface area (Å²) >= 11 is 7.19. The summed E-state index contributed by atoms with van der Waals surface area (Å²) in [6, 6.07) is 27.3. The Morgan fingerprint density at radius 2 is 0.625 bits per heavy atom. The van der Waals surface area contributed by atoms with Crippen molar-refractivity contribution in [2.75, 3.05) is 0 Å². The molecule has 0 aliphatic carbocycles. The van der Waals surface area contributed by atoms with Crippen LogP contribution in [0, 0.1) is 0 Å². The van der Waals surface area contributed by atoms with E-state index >= 15 is 0 Å². The molecule has 0 aliphatic rings. The monoisotopic (exact) mass is 446 g/mol. The highest BCUT2D eigenvalue weighted by Gasteiger charge is 2.37. The molecule has 4 aromatic carbocycles. The number of alkyl halides is 1. The minimum Gasteiger partial charge on any atom is -0.508 e. The van der Waals surface area contributed by atoms with Gasteiger partial charge < -0.3 is 20.4 Å². The first-order chi connectivity index (χ1) is 15.5. The third-order valence-corrected chi connectivity index (χ3v) is 6.23. The maximum Gasteiger partial charge on any atom is 0.119 e. The highest BCUT2D eigenvalue weighted by atomic mass is 35.5. The van der Waals surface area contributed by atoms with Crippen LogP contribution in [0.4, 0.5) is 0 Å². The van der Waals surface area contributed by atoms with Crippen molar-refractivity contribution >= 4 is 11.6 Å². The highest BCUT2D eigenvalue weighted by Crippen LogP contribution is 2.49. The zero-order valence-electron chi connectivity index (χ0n) is 17.1. The third kappa shape index (κ3) is 4.10. The van der Waals surface area contributed by atoms with Gasteiger partial charge in [0.15, 0.2) is 0 Å². The third-order valence-electron chi connectivity index (χ3n) is 5.72. The summed E-state index contributed by atoms with van der Waals surface area (Å²) in [6.45, 7) is 0. The van der Waals surface area contributed by atoms with Gasteiger partial charge in [0.25, 0.3) is 0 Å². The van der Waals surface area contributed by atoms with E-state index < -0.39 is 17.2 Å². The quantitative estimate of drug-likeness (QED) is 0.270. The fourth-order valence-corrected chi connectivity index (χ4v) is 4.76. The predicted molar refractivity (Wildman–Crippen MR) is 126 cm³/mol. The van der Waals surface area contributed by atoms with E-state index in [0.717, 1.165) is 0 Å². The van der Waals surface area contributed by atoms with Crippen molar-refractivity contribution in [2.24, 2.45) is 0 Å². The molecule has 0 amide bonds. The summed E-state index contributed by atoms with van der Waals surface area (Å²) in [5.74, 6) is -1.13. The summed E-state index contributed by atoms with van der Waals surface area (Å²) in [4.78, 5) is 0. The van der Waals surface area contributed by atoms with Gasteiger partial charge in [-0.1, -0.05) is 72.8 Å². The molecular weight excluding hydrogens is 424 g/mol. The van der Waals surface area contributed by atoms with Gasteiger partial charge in [-0.3, -0.25) is 0 Å². The van der Waals surface area contributed by atoms with Crippen molar-refractivity contribution < 1.29 is 20.4 Å². The maximum atomic E-state index is 10.7. The zero-order chi connectivity index (χ0) is 22.7. The largest absolute Gasteiger partial charge is 0.508 e. The Hall–Kier alpha value is -3.63. The summed E-state index contributed by atoms with van der Waals surface area (Å²) in [5, 5.41) is 41.9. The van der Waals surface area contributed by atoms with E-state index in [9.17, 15) is 20.4 Å². The number of halogens is 1. The molecule has 0 fully saturated rings. The van der Waals surface area contributed by atoms with Crippen LogP contribution >= 0.6 is 11.6 Å². The van der Waals surface area contributed by atoms with Crippen molar-refractivity contribution in [3.63, 3.8) is 0 Å². The van der Waals surface area contributed by atoms with Gasteiger partial charge in [0.05, 0.1) is 5.38 Å². The average Bonchev–Trinajstić information content (AvgIpc) is 2.79. The van der Waals surface area contributed by atoms with Gasteiger partial charge in [-0.15, -0.1) is 11.6 Å². The number of phenolic OH excluding ortho intramolecular Hbond substituents is 4. The van der Waals surface area contributed by atoms with E-state index in [0.29, 0.717) is 22.3 Å². The van der Waals surface area contributed by atoms with Gasteiger partial charge in [-0.25, -0.2) is 0 Å². The number of aromatic hydroxyl groups is 4. The van der Waals surface area contributed by atoms with Gasteiger partial charge in [-0.05, 0) is 24.3 Å². The lowest BCUT2D eigenvalue weighted by Crippen LogP contribution is -2.24. The predicted octanol–water partition coefficient (Wildman–Crippen LogP) is 6.08. The molecule has 32 heavy (non-hydrogen) atoms. The Bertz CT molecular complexity index is 1040. The molecule has 5 heteroatoms. The van der Waals surface area contributed by atoms with E-state index in [1.54, 1.807) is 97.1 Å². The minimum atomic E-state index is -0.793. The number of hydrogen-bond acceptors (Lipinski definition) is 4. The number of benzene rings is 4. The standard InChI is InChI=1S/C27H23ClO4/c28-27(25(17-9-1-5-13-21(17)29)18-10-2-6-14-22(18)30)26(19-11-3-7-15-23(19)31)20-12-4-8-16-24(20)32/h1-16,25-27,29-32H. The van der Waals surface area contributed by atoms with E-state index in [2.05, 4.69) is 0 Å². The Morgan fingerprint density at radius 3 is 0.844 bits per heavy atom. The second-order valence-corrected chi connectivity index (χ2v) is 8.14. The van der Waals surface area contributed by atoms with Gasteiger partial charge in [0.1, 0.15) is 23.0 Å². The van der Waals surface area contributed by atoms with Crippen LogP contribution in [0.1, 0.15) is 34.1 Å². The fourth-order valence-electron chi connectivity index (χ4n) is 4.22.